The smallest absolute Gasteiger partial charge is 0.225 e. The van der Waals surface area contributed by atoms with E-state index in [1.807, 2.05) is 0 Å². The van der Waals surface area contributed by atoms with Crippen LogP contribution in [0.15, 0.2) is 0 Å². The zero-order chi connectivity index (χ0) is 12.0. The van der Waals surface area contributed by atoms with Gasteiger partial charge in [-0.3, -0.25) is 4.79 Å². The molecule has 0 aliphatic heterocycles. The molecule has 0 unspecified atom stereocenters. The van der Waals surface area contributed by atoms with Crippen LogP contribution in [0.1, 0.15) is 45.4 Å². The molecule has 16 heavy (non-hydrogen) atoms. The van der Waals surface area contributed by atoms with Gasteiger partial charge in [-0.15, -0.1) is 0 Å². The summed E-state index contributed by atoms with van der Waals surface area (Å²) in [5.41, 5.74) is 0. The number of carbonyl (C=O) groups is 1. The number of nitrogens with one attached hydrogen (secondary N) is 1. The first-order chi connectivity index (χ1) is 7.59. The lowest BCUT2D eigenvalue weighted by Gasteiger charge is -2.28. The summed E-state index contributed by atoms with van der Waals surface area (Å²) in [6, 6.07) is 0.346. The predicted octanol–water partition coefficient (Wildman–Crippen LogP) is 1.83. The van der Waals surface area contributed by atoms with Crippen molar-refractivity contribution in [3.05, 3.63) is 0 Å². The molecule has 1 amide bonds. The van der Waals surface area contributed by atoms with Crippen molar-refractivity contribution < 1.29 is 14.3 Å². The van der Waals surface area contributed by atoms with Gasteiger partial charge in [0.05, 0.1) is 6.42 Å². The summed E-state index contributed by atoms with van der Waals surface area (Å²) in [6.07, 6.45) is 6.18. The summed E-state index contributed by atoms with van der Waals surface area (Å²) in [6.45, 7) is 1.77. The van der Waals surface area contributed by atoms with Gasteiger partial charge in [0.2, 0.25) is 5.91 Å². The molecule has 1 N–H and O–H groups in total. The standard InChI is InChI=1S/C12H23NO3/c1-12(15-2,16-3)9-11(14)13-10-7-5-4-6-8-10/h10H,4-9H2,1-3H3,(H,13,14). The Labute approximate surface area is 97.7 Å². The Morgan fingerprint density at radius 2 is 1.81 bits per heavy atom. The quantitative estimate of drug-likeness (QED) is 0.732. The van der Waals surface area contributed by atoms with Crippen molar-refractivity contribution in [3.63, 3.8) is 0 Å². The van der Waals surface area contributed by atoms with Crippen LogP contribution in [0.2, 0.25) is 0 Å². The molecule has 4 heteroatoms. The van der Waals surface area contributed by atoms with Crippen molar-refractivity contribution in [2.75, 3.05) is 14.2 Å². The average Bonchev–Trinajstić information content (AvgIpc) is 2.30. The highest BCUT2D eigenvalue weighted by Gasteiger charge is 2.27. The molecule has 1 aliphatic carbocycles. The van der Waals surface area contributed by atoms with Crippen LogP contribution < -0.4 is 5.32 Å². The van der Waals surface area contributed by atoms with Gasteiger partial charge in [-0.25, -0.2) is 0 Å². The van der Waals surface area contributed by atoms with Crippen LogP contribution in [0, 0.1) is 0 Å². The van der Waals surface area contributed by atoms with E-state index in [9.17, 15) is 4.79 Å². The summed E-state index contributed by atoms with van der Waals surface area (Å²) in [5.74, 6) is -0.795. The first kappa shape index (κ1) is 13.5. The van der Waals surface area contributed by atoms with Gasteiger partial charge in [0.1, 0.15) is 0 Å². The number of hydrogen-bond donors (Lipinski definition) is 1. The van der Waals surface area contributed by atoms with Gasteiger partial charge in [0.25, 0.3) is 0 Å². The van der Waals surface area contributed by atoms with Crippen LogP contribution in [0.4, 0.5) is 0 Å². The molecule has 1 aliphatic rings. The van der Waals surface area contributed by atoms with Gasteiger partial charge >= 0.3 is 0 Å². The van der Waals surface area contributed by atoms with E-state index in [1.54, 1.807) is 21.1 Å². The monoisotopic (exact) mass is 229 g/mol. The van der Waals surface area contributed by atoms with E-state index in [1.165, 1.54) is 19.3 Å². The van der Waals surface area contributed by atoms with Crippen LogP contribution in [-0.4, -0.2) is 32.0 Å². The van der Waals surface area contributed by atoms with Gasteiger partial charge in [0, 0.05) is 20.3 Å². The van der Waals surface area contributed by atoms with Gasteiger partial charge in [-0.1, -0.05) is 19.3 Å². The highest BCUT2D eigenvalue weighted by Crippen LogP contribution is 2.19. The van der Waals surface area contributed by atoms with Crippen LogP contribution in [-0.2, 0) is 14.3 Å². The van der Waals surface area contributed by atoms with Crippen LogP contribution in [0.5, 0.6) is 0 Å². The minimum Gasteiger partial charge on any atom is -0.353 e. The molecule has 0 aromatic rings. The van der Waals surface area contributed by atoms with Crippen molar-refractivity contribution in [1.29, 1.82) is 0 Å². The molecule has 0 aromatic heterocycles. The maximum absolute atomic E-state index is 11.8. The summed E-state index contributed by atoms with van der Waals surface area (Å²) >= 11 is 0. The number of hydrogen-bond acceptors (Lipinski definition) is 3. The molecule has 0 saturated heterocycles. The minimum absolute atomic E-state index is 0.0121. The Kier molecular flexibility index (Phi) is 5.22. The van der Waals surface area contributed by atoms with E-state index in [-0.39, 0.29) is 12.3 Å². The molecule has 1 rings (SSSR count). The fourth-order valence-electron chi connectivity index (χ4n) is 2.04. The Hall–Kier alpha value is -0.610. The lowest BCUT2D eigenvalue weighted by Crippen LogP contribution is -2.42. The summed E-state index contributed by atoms with van der Waals surface area (Å²) in [4.78, 5) is 11.8. The number of rotatable bonds is 5. The highest BCUT2D eigenvalue weighted by atomic mass is 16.7. The first-order valence-electron chi connectivity index (χ1n) is 5.99. The van der Waals surface area contributed by atoms with Crippen molar-refractivity contribution in [2.45, 2.75) is 57.3 Å². The SMILES string of the molecule is COC(C)(CC(=O)NC1CCCCC1)OC. The van der Waals surface area contributed by atoms with Crippen LogP contribution in [0.25, 0.3) is 0 Å². The molecule has 0 heterocycles. The Morgan fingerprint density at radius 1 is 1.25 bits per heavy atom. The molecular formula is C12H23NO3. The normalized spacial score (nSPS) is 18.4. The summed E-state index contributed by atoms with van der Waals surface area (Å²) in [7, 11) is 3.11. The molecule has 0 spiro atoms. The first-order valence-corrected chi connectivity index (χ1v) is 5.99. The minimum atomic E-state index is -0.807. The number of methoxy groups -OCH3 is 2. The molecular weight excluding hydrogens is 206 g/mol. The fraction of sp³-hybridized carbons (Fsp3) is 0.917. The van der Waals surface area contributed by atoms with E-state index >= 15 is 0 Å². The topological polar surface area (TPSA) is 47.6 Å². The molecule has 0 aromatic carbocycles. The van der Waals surface area contributed by atoms with Gasteiger partial charge in [-0.2, -0.15) is 0 Å². The highest BCUT2D eigenvalue weighted by molar-refractivity contribution is 5.77. The van der Waals surface area contributed by atoms with Crippen molar-refractivity contribution in [3.8, 4) is 0 Å². The lowest BCUT2D eigenvalue weighted by molar-refractivity contribution is -0.198. The third kappa shape index (κ3) is 4.10. The third-order valence-electron chi connectivity index (χ3n) is 3.32. The molecule has 94 valence electrons. The lowest BCUT2D eigenvalue weighted by atomic mass is 9.95. The maximum atomic E-state index is 11.8. The van der Waals surface area contributed by atoms with E-state index < -0.39 is 5.79 Å². The van der Waals surface area contributed by atoms with Crippen molar-refractivity contribution >= 4 is 5.91 Å². The van der Waals surface area contributed by atoms with E-state index in [2.05, 4.69) is 5.32 Å². The number of amides is 1. The summed E-state index contributed by atoms with van der Waals surface area (Å²) < 4.78 is 10.3. The summed E-state index contributed by atoms with van der Waals surface area (Å²) in [5, 5.41) is 3.04. The van der Waals surface area contributed by atoms with E-state index in [0.29, 0.717) is 6.04 Å². The second-order valence-corrected chi connectivity index (χ2v) is 4.62. The van der Waals surface area contributed by atoms with Crippen LogP contribution in [0.3, 0.4) is 0 Å². The molecule has 1 fully saturated rings. The van der Waals surface area contributed by atoms with Crippen molar-refractivity contribution in [1.82, 2.24) is 5.32 Å². The molecule has 1 saturated carbocycles. The van der Waals surface area contributed by atoms with E-state index in [0.717, 1.165) is 12.8 Å². The Balaban J connectivity index is 2.34. The largest absolute Gasteiger partial charge is 0.353 e. The Bertz CT molecular complexity index is 220. The number of ether oxygens (including phenoxy) is 2. The fourth-order valence-corrected chi connectivity index (χ4v) is 2.04. The second-order valence-electron chi connectivity index (χ2n) is 4.62. The third-order valence-corrected chi connectivity index (χ3v) is 3.32. The van der Waals surface area contributed by atoms with Gasteiger partial charge in [-0.05, 0) is 19.8 Å². The predicted molar refractivity (Wildman–Crippen MR) is 62.1 cm³/mol. The van der Waals surface area contributed by atoms with E-state index in [4.69, 9.17) is 9.47 Å². The maximum Gasteiger partial charge on any atom is 0.225 e. The number of carbonyl (C=O) groups excluding carboxylic acids is 1. The second kappa shape index (κ2) is 6.21. The molecule has 0 radical (unpaired) electrons. The Morgan fingerprint density at radius 3 is 2.31 bits per heavy atom. The molecule has 0 atom stereocenters. The average molecular weight is 229 g/mol. The zero-order valence-corrected chi connectivity index (χ0v) is 10.5. The van der Waals surface area contributed by atoms with Gasteiger partial charge in [0.15, 0.2) is 5.79 Å². The van der Waals surface area contributed by atoms with Gasteiger partial charge < -0.3 is 14.8 Å². The zero-order valence-electron chi connectivity index (χ0n) is 10.5. The van der Waals surface area contributed by atoms with Crippen molar-refractivity contribution in [2.24, 2.45) is 0 Å². The molecule has 4 nitrogen and oxygen atoms in total. The molecule has 0 bridgehead atoms. The van der Waals surface area contributed by atoms with Crippen LogP contribution >= 0.6 is 0 Å².